The van der Waals surface area contributed by atoms with Crippen LogP contribution in [0.4, 0.5) is 0 Å². The minimum Gasteiger partial charge on any atom is -0.481 e. The first-order valence-corrected chi connectivity index (χ1v) is 5.92. The first-order valence-electron chi connectivity index (χ1n) is 5.92. The molecule has 0 spiro atoms. The third kappa shape index (κ3) is 3.28. The summed E-state index contributed by atoms with van der Waals surface area (Å²) in [6.07, 6.45) is 4.13. The van der Waals surface area contributed by atoms with Crippen molar-refractivity contribution in [3.63, 3.8) is 0 Å². The molecular formula is C11H16N4O3. The Morgan fingerprint density at radius 3 is 2.89 bits per heavy atom. The van der Waals surface area contributed by atoms with E-state index in [4.69, 9.17) is 5.11 Å². The number of carbonyl (C=O) groups is 2. The number of carboxylic acid groups (broad SMARTS) is 1. The highest BCUT2D eigenvalue weighted by Gasteiger charge is 2.29. The van der Waals surface area contributed by atoms with Crippen LogP contribution in [0.3, 0.4) is 0 Å². The second kappa shape index (κ2) is 5.16. The van der Waals surface area contributed by atoms with Crippen LogP contribution >= 0.6 is 0 Å². The molecule has 7 heteroatoms. The number of amides is 1. The van der Waals surface area contributed by atoms with E-state index in [9.17, 15) is 9.59 Å². The Balaban J connectivity index is 1.85. The number of aryl methyl sites for hydroxylation is 1. The van der Waals surface area contributed by atoms with Gasteiger partial charge in [-0.05, 0) is 12.8 Å². The molecule has 1 aliphatic carbocycles. The van der Waals surface area contributed by atoms with Crippen molar-refractivity contribution in [2.45, 2.75) is 38.3 Å². The van der Waals surface area contributed by atoms with E-state index in [2.05, 4.69) is 10.3 Å². The molecule has 0 radical (unpaired) electrons. The third-order valence-corrected chi connectivity index (χ3v) is 2.97. The fourth-order valence-electron chi connectivity index (χ4n) is 1.68. The highest BCUT2D eigenvalue weighted by Crippen LogP contribution is 2.25. The quantitative estimate of drug-likeness (QED) is 0.764. The molecule has 1 saturated carbocycles. The lowest BCUT2D eigenvalue weighted by molar-refractivity contribution is -0.137. The highest BCUT2D eigenvalue weighted by atomic mass is 16.4. The van der Waals surface area contributed by atoms with Crippen LogP contribution in [0.15, 0.2) is 6.20 Å². The highest BCUT2D eigenvalue weighted by molar-refractivity contribution is 5.76. The van der Waals surface area contributed by atoms with Crippen molar-refractivity contribution in [1.29, 1.82) is 0 Å². The van der Waals surface area contributed by atoms with Crippen molar-refractivity contribution in [2.24, 2.45) is 0 Å². The van der Waals surface area contributed by atoms with Crippen LogP contribution in [-0.4, -0.2) is 50.0 Å². The number of carbonyl (C=O) groups excluding carboxylic acids is 1. The Morgan fingerprint density at radius 2 is 2.28 bits per heavy atom. The largest absolute Gasteiger partial charge is 0.481 e. The van der Waals surface area contributed by atoms with Gasteiger partial charge in [-0.2, -0.15) is 0 Å². The number of aliphatic carboxylic acids is 1. The number of likely N-dealkylation sites (N-methyl/N-ethyl adjacent to an activating group) is 1. The van der Waals surface area contributed by atoms with Gasteiger partial charge in [0.05, 0.1) is 12.1 Å². The fourth-order valence-corrected chi connectivity index (χ4v) is 1.68. The summed E-state index contributed by atoms with van der Waals surface area (Å²) in [4.78, 5) is 24.0. The van der Waals surface area contributed by atoms with Gasteiger partial charge in [-0.3, -0.25) is 9.59 Å². The standard InChI is InChI=1S/C11H16N4O3/c1-14(9-3-4-9)10(16)7-15-6-8(12-13-15)2-5-11(17)18/h6,9H,2-5,7H2,1H3,(H,17,18). The van der Waals surface area contributed by atoms with Gasteiger partial charge in [0.25, 0.3) is 0 Å². The lowest BCUT2D eigenvalue weighted by Gasteiger charge is -2.15. The van der Waals surface area contributed by atoms with Gasteiger partial charge < -0.3 is 10.0 Å². The van der Waals surface area contributed by atoms with Crippen molar-refractivity contribution in [2.75, 3.05) is 7.05 Å². The van der Waals surface area contributed by atoms with Gasteiger partial charge in [0, 0.05) is 25.7 Å². The van der Waals surface area contributed by atoms with E-state index in [0.717, 1.165) is 12.8 Å². The average molecular weight is 252 g/mol. The molecule has 1 aliphatic rings. The summed E-state index contributed by atoms with van der Waals surface area (Å²) in [6.45, 7) is 0.160. The number of carboxylic acids is 1. The Bertz CT molecular complexity index is 453. The SMILES string of the molecule is CN(C(=O)Cn1cc(CCC(=O)O)nn1)C1CC1. The van der Waals surface area contributed by atoms with Crippen LogP contribution in [0.1, 0.15) is 25.0 Å². The number of hydrogen-bond donors (Lipinski definition) is 1. The van der Waals surface area contributed by atoms with Crippen molar-refractivity contribution in [3.8, 4) is 0 Å². The van der Waals surface area contributed by atoms with Crippen LogP contribution in [0.25, 0.3) is 0 Å². The number of hydrogen-bond acceptors (Lipinski definition) is 4. The van der Waals surface area contributed by atoms with Crippen LogP contribution in [0.2, 0.25) is 0 Å². The molecule has 1 fully saturated rings. The summed E-state index contributed by atoms with van der Waals surface area (Å²) in [7, 11) is 1.79. The predicted octanol–water partition coefficient (Wildman–Crippen LogP) is -0.0839. The van der Waals surface area contributed by atoms with E-state index in [0.29, 0.717) is 18.2 Å². The van der Waals surface area contributed by atoms with Crippen molar-refractivity contribution in [1.82, 2.24) is 19.9 Å². The zero-order valence-corrected chi connectivity index (χ0v) is 10.2. The lowest BCUT2D eigenvalue weighted by Crippen LogP contribution is -2.32. The maximum absolute atomic E-state index is 11.8. The normalized spacial score (nSPS) is 14.5. The molecule has 1 aromatic rings. The molecule has 2 rings (SSSR count). The molecule has 18 heavy (non-hydrogen) atoms. The number of nitrogens with zero attached hydrogens (tertiary/aromatic N) is 4. The summed E-state index contributed by atoms with van der Waals surface area (Å²) in [5.74, 6) is -0.860. The molecule has 0 bridgehead atoms. The van der Waals surface area contributed by atoms with Gasteiger partial charge in [-0.25, -0.2) is 4.68 Å². The van der Waals surface area contributed by atoms with E-state index in [1.807, 2.05) is 0 Å². The third-order valence-electron chi connectivity index (χ3n) is 2.97. The molecule has 1 amide bonds. The zero-order valence-electron chi connectivity index (χ0n) is 10.2. The van der Waals surface area contributed by atoms with Crippen LogP contribution in [0, 0.1) is 0 Å². The van der Waals surface area contributed by atoms with Crippen LogP contribution in [-0.2, 0) is 22.6 Å². The van der Waals surface area contributed by atoms with Crippen LogP contribution in [0.5, 0.6) is 0 Å². The molecule has 1 heterocycles. The second-order valence-electron chi connectivity index (χ2n) is 4.54. The smallest absolute Gasteiger partial charge is 0.303 e. The predicted molar refractivity (Wildman–Crippen MR) is 61.8 cm³/mol. The van der Waals surface area contributed by atoms with Gasteiger partial charge >= 0.3 is 5.97 Å². The molecule has 0 saturated heterocycles. The first kappa shape index (κ1) is 12.5. The zero-order chi connectivity index (χ0) is 13.1. The van der Waals surface area contributed by atoms with Crippen molar-refractivity contribution >= 4 is 11.9 Å². The van der Waals surface area contributed by atoms with Crippen molar-refractivity contribution < 1.29 is 14.7 Å². The van der Waals surface area contributed by atoms with E-state index >= 15 is 0 Å². The fraction of sp³-hybridized carbons (Fsp3) is 0.636. The first-order chi connectivity index (χ1) is 8.56. The van der Waals surface area contributed by atoms with Gasteiger partial charge in [-0.1, -0.05) is 5.21 Å². The van der Waals surface area contributed by atoms with Gasteiger partial charge in [0.1, 0.15) is 6.54 Å². The van der Waals surface area contributed by atoms with Crippen molar-refractivity contribution in [3.05, 3.63) is 11.9 Å². The summed E-state index contributed by atoms with van der Waals surface area (Å²) >= 11 is 0. The Hall–Kier alpha value is -1.92. The summed E-state index contributed by atoms with van der Waals surface area (Å²) in [5, 5.41) is 16.2. The average Bonchev–Trinajstić information content (AvgIpc) is 3.07. The Labute approximate surface area is 104 Å². The molecule has 0 aromatic carbocycles. The summed E-state index contributed by atoms with van der Waals surface area (Å²) in [5.41, 5.74) is 0.597. The molecule has 0 aliphatic heterocycles. The topological polar surface area (TPSA) is 88.3 Å². The van der Waals surface area contributed by atoms with E-state index in [1.54, 1.807) is 18.1 Å². The van der Waals surface area contributed by atoms with Crippen LogP contribution < -0.4 is 0 Å². The van der Waals surface area contributed by atoms with Gasteiger partial charge in [0.2, 0.25) is 5.91 Å². The minimum atomic E-state index is -0.867. The second-order valence-corrected chi connectivity index (χ2v) is 4.54. The molecule has 1 aromatic heterocycles. The monoisotopic (exact) mass is 252 g/mol. The maximum Gasteiger partial charge on any atom is 0.303 e. The van der Waals surface area contributed by atoms with E-state index < -0.39 is 5.97 Å². The Morgan fingerprint density at radius 1 is 1.56 bits per heavy atom. The number of rotatable bonds is 6. The van der Waals surface area contributed by atoms with E-state index in [-0.39, 0.29) is 18.9 Å². The molecule has 0 unspecified atom stereocenters. The number of aromatic nitrogens is 3. The molecular weight excluding hydrogens is 236 g/mol. The lowest BCUT2D eigenvalue weighted by atomic mass is 10.2. The summed E-state index contributed by atoms with van der Waals surface area (Å²) in [6, 6.07) is 0.382. The molecule has 98 valence electrons. The maximum atomic E-state index is 11.8. The van der Waals surface area contributed by atoms with Gasteiger partial charge in [0.15, 0.2) is 0 Å². The van der Waals surface area contributed by atoms with E-state index in [1.165, 1.54) is 4.68 Å². The Kier molecular flexibility index (Phi) is 3.59. The molecule has 7 nitrogen and oxygen atoms in total. The minimum absolute atomic E-state index is 0.00665. The molecule has 0 atom stereocenters. The summed E-state index contributed by atoms with van der Waals surface area (Å²) < 4.78 is 1.46. The molecule has 1 N–H and O–H groups in total. The van der Waals surface area contributed by atoms with Gasteiger partial charge in [-0.15, -0.1) is 5.10 Å².